The molecular weight excluding hydrogens is 246 g/mol. The molecule has 1 unspecified atom stereocenters. The van der Waals surface area contributed by atoms with Gasteiger partial charge in [-0.05, 0) is 12.6 Å². The van der Waals surface area contributed by atoms with Crippen LogP contribution in [0.2, 0.25) is 0 Å². The summed E-state index contributed by atoms with van der Waals surface area (Å²) in [4.78, 5) is 4.04. The van der Waals surface area contributed by atoms with Gasteiger partial charge in [-0.15, -0.1) is 0 Å². The summed E-state index contributed by atoms with van der Waals surface area (Å²) in [5, 5.41) is 13.1. The lowest BCUT2D eigenvalue weighted by Crippen LogP contribution is -2.41. The lowest BCUT2D eigenvalue weighted by atomic mass is 9.94. The molecule has 2 aromatic rings. The largest absolute Gasteiger partial charge is 0.440 e. The molecule has 0 fully saturated rings. The van der Waals surface area contributed by atoms with E-state index in [1.807, 2.05) is 30.3 Å². The molecule has 0 saturated heterocycles. The molecule has 4 nitrogen and oxygen atoms in total. The lowest BCUT2D eigenvalue weighted by molar-refractivity contribution is 0.451. The van der Waals surface area contributed by atoms with E-state index in [0.717, 1.165) is 5.56 Å². The van der Waals surface area contributed by atoms with Crippen molar-refractivity contribution in [3.63, 3.8) is 0 Å². The second-order valence-corrected chi connectivity index (χ2v) is 4.65. The molecule has 2 rings (SSSR count). The van der Waals surface area contributed by atoms with Crippen molar-refractivity contribution in [1.82, 2.24) is 10.3 Å². The monoisotopic (exact) mass is 259 g/mol. The average Bonchev–Trinajstić information content (AvgIpc) is 2.95. The zero-order valence-electron chi connectivity index (χ0n) is 9.96. The molecule has 0 aliphatic carbocycles. The molecule has 1 atom stereocenters. The fraction of sp³-hybridized carbons (Fsp3) is 0.231. The first-order chi connectivity index (χ1) is 8.80. The van der Waals surface area contributed by atoms with Crippen molar-refractivity contribution in [2.75, 3.05) is 12.8 Å². The topological polar surface area (TPSA) is 61.9 Å². The highest BCUT2D eigenvalue weighted by atomic mass is 32.2. The van der Waals surface area contributed by atoms with Gasteiger partial charge in [-0.3, -0.25) is 5.32 Å². The Morgan fingerprint density at radius 3 is 2.78 bits per heavy atom. The van der Waals surface area contributed by atoms with Crippen molar-refractivity contribution < 1.29 is 4.42 Å². The standard InChI is InChI=1S/C13H13N3OS/c1-15-13(9-14,11-5-3-2-4-6-11)10-18-12-16-7-8-17-12/h2-8,15H,10H2,1H3. The maximum absolute atomic E-state index is 9.48. The normalized spacial score (nSPS) is 13.8. The third-order valence-electron chi connectivity index (χ3n) is 2.71. The van der Waals surface area contributed by atoms with Crippen molar-refractivity contribution in [3.05, 3.63) is 48.4 Å². The van der Waals surface area contributed by atoms with E-state index in [2.05, 4.69) is 16.4 Å². The maximum atomic E-state index is 9.48. The zero-order valence-corrected chi connectivity index (χ0v) is 10.8. The van der Waals surface area contributed by atoms with Crippen molar-refractivity contribution in [3.8, 4) is 6.07 Å². The predicted molar refractivity (Wildman–Crippen MR) is 70.0 cm³/mol. The van der Waals surface area contributed by atoms with E-state index in [4.69, 9.17) is 4.42 Å². The van der Waals surface area contributed by atoms with E-state index in [0.29, 0.717) is 11.0 Å². The van der Waals surface area contributed by atoms with E-state index in [1.54, 1.807) is 13.2 Å². The smallest absolute Gasteiger partial charge is 0.255 e. The molecular formula is C13H13N3OS. The van der Waals surface area contributed by atoms with Gasteiger partial charge in [0.05, 0.1) is 12.3 Å². The molecule has 1 aromatic carbocycles. The molecule has 1 aromatic heterocycles. The number of benzene rings is 1. The Labute approximate surface area is 110 Å². The van der Waals surface area contributed by atoms with E-state index in [9.17, 15) is 5.26 Å². The molecule has 18 heavy (non-hydrogen) atoms. The third-order valence-corrected chi connectivity index (χ3v) is 3.73. The van der Waals surface area contributed by atoms with Gasteiger partial charge in [0.1, 0.15) is 11.8 Å². The van der Waals surface area contributed by atoms with Crippen LogP contribution in [0.1, 0.15) is 5.56 Å². The Hall–Kier alpha value is -1.77. The molecule has 5 heteroatoms. The number of hydrogen-bond acceptors (Lipinski definition) is 5. The highest BCUT2D eigenvalue weighted by molar-refractivity contribution is 7.99. The van der Waals surface area contributed by atoms with Crippen molar-refractivity contribution in [2.45, 2.75) is 10.8 Å². The van der Waals surface area contributed by atoms with Gasteiger partial charge in [-0.2, -0.15) is 5.26 Å². The summed E-state index contributed by atoms with van der Waals surface area (Å²) in [5.41, 5.74) is 0.203. The summed E-state index contributed by atoms with van der Waals surface area (Å²) in [7, 11) is 1.78. The summed E-state index contributed by atoms with van der Waals surface area (Å²) in [6.45, 7) is 0. The molecule has 1 N–H and O–H groups in total. The fourth-order valence-corrected chi connectivity index (χ4v) is 2.60. The van der Waals surface area contributed by atoms with Crippen molar-refractivity contribution >= 4 is 11.8 Å². The molecule has 92 valence electrons. The Bertz CT molecular complexity index is 521. The zero-order chi connectivity index (χ0) is 12.8. The first-order valence-electron chi connectivity index (χ1n) is 5.49. The highest BCUT2D eigenvalue weighted by Gasteiger charge is 2.31. The molecule has 1 heterocycles. The van der Waals surface area contributed by atoms with Gasteiger partial charge in [0.2, 0.25) is 0 Å². The molecule has 0 bridgehead atoms. The Morgan fingerprint density at radius 2 is 2.22 bits per heavy atom. The van der Waals surface area contributed by atoms with E-state index >= 15 is 0 Å². The van der Waals surface area contributed by atoms with Crippen LogP contribution in [0.3, 0.4) is 0 Å². The molecule has 0 aliphatic heterocycles. The number of hydrogen-bond donors (Lipinski definition) is 1. The Kier molecular flexibility index (Phi) is 4.03. The summed E-state index contributed by atoms with van der Waals surface area (Å²) in [6, 6.07) is 12.0. The quantitative estimate of drug-likeness (QED) is 0.835. The van der Waals surface area contributed by atoms with Crippen molar-refractivity contribution in [1.29, 1.82) is 5.26 Å². The van der Waals surface area contributed by atoms with Crippen LogP contribution in [0.5, 0.6) is 0 Å². The van der Waals surface area contributed by atoms with Gasteiger partial charge in [0.25, 0.3) is 5.22 Å². The minimum absolute atomic E-state index is 0.532. The van der Waals surface area contributed by atoms with Crippen LogP contribution in [0.15, 0.2) is 52.4 Å². The summed E-state index contributed by atoms with van der Waals surface area (Å²) in [6.07, 6.45) is 3.12. The molecule has 0 saturated carbocycles. The van der Waals surface area contributed by atoms with Gasteiger partial charge in [0.15, 0.2) is 0 Å². The Balaban J connectivity index is 2.20. The molecule has 0 spiro atoms. The SMILES string of the molecule is CNC(C#N)(CSc1ncco1)c1ccccc1. The van der Waals surface area contributed by atoms with Crippen LogP contribution in [-0.4, -0.2) is 17.8 Å². The van der Waals surface area contributed by atoms with Crippen LogP contribution in [0.4, 0.5) is 0 Å². The lowest BCUT2D eigenvalue weighted by Gasteiger charge is -2.25. The van der Waals surface area contributed by atoms with Gasteiger partial charge in [0, 0.05) is 5.75 Å². The van der Waals surface area contributed by atoms with E-state index in [1.165, 1.54) is 18.0 Å². The van der Waals surface area contributed by atoms with Crippen LogP contribution < -0.4 is 5.32 Å². The Morgan fingerprint density at radius 1 is 1.44 bits per heavy atom. The van der Waals surface area contributed by atoms with Gasteiger partial charge in [-0.25, -0.2) is 4.98 Å². The van der Waals surface area contributed by atoms with Crippen molar-refractivity contribution in [2.24, 2.45) is 0 Å². The number of nitriles is 1. The minimum Gasteiger partial charge on any atom is -0.440 e. The number of thioether (sulfide) groups is 1. The second kappa shape index (κ2) is 5.71. The van der Waals surface area contributed by atoms with Gasteiger partial charge < -0.3 is 4.42 Å². The van der Waals surface area contributed by atoms with E-state index in [-0.39, 0.29) is 0 Å². The molecule has 0 radical (unpaired) electrons. The van der Waals surface area contributed by atoms with Gasteiger partial charge >= 0.3 is 0 Å². The number of rotatable bonds is 5. The second-order valence-electron chi connectivity index (χ2n) is 3.72. The average molecular weight is 259 g/mol. The maximum Gasteiger partial charge on any atom is 0.255 e. The number of oxazole rings is 1. The fourth-order valence-electron chi connectivity index (χ4n) is 1.63. The molecule has 0 aliphatic rings. The molecule has 0 amide bonds. The van der Waals surface area contributed by atoms with Crippen LogP contribution >= 0.6 is 11.8 Å². The minimum atomic E-state index is -0.736. The van der Waals surface area contributed by atoms with E-state index < -0.39 is 5.54 Å². The third kappa shape index (κ3) is 2.55. The summed E-state index contributed by atoms with van der Waals surface area (Å²) >= 11 is 1.42. The number of nitrogens with zero attached hydrogens (tertiary/aromatic N) is 2. The predicted octanol–water partition coefficient (Wildman–Crippen LogP) is 2.41. The number of aromatic nitrogens is 1. The first kappa shape index (κ1) is 12.7. The van der Waals surface area contributed by atoms with Crippen LogP contribution in [0.25, 0.3) is 0 Å². The van der Waals surface area contributed by atoms with Gasteiger partial charge in [-0.1, -0.05) is 42.1 Å². The first-order valence-corrected chi connectivity index (χ1v) is 6.47. The van der Waals surface area contributed by atoms with Crippen LogP contribution in [-0.2, 0) is 5.54 Å². The summed E-state index contributed by atoms with van der Waals surface area (Å²) < 4.78 is 5.17. The number of nitrogens with one attached hydrogen (secondary N) is 1. The summed E-state index contributed by atoms with van der Waals surface area (Å²) in [5.74, 6) is 0.532. The van der Waals surface area contributed by atoms with Crippen LogP contribution in [0, 0.1) is 11.3 Å². The highest BCUT2D eigenvalue weighted by Crippen LogP contribution is 2.28.